The lowest BCUT2D eigenvalue weighted by molar-refractivity contribution is -0.137. The molecule has 3 aromatic carbocycles. The Morgan fingerprint density at radius 1 is 1.03 bits per heavy atom. The lowest BCUT2D eigenvalue weighted by Crippen LogP contribution is -2.19. The molecule has 1 N–H and O–H groups in total. The lowest BCUT2D eigenvalue weighted by atomic mass is 10.1. The van der Waals surface area contributed by atoms with Gasteiger partial charge in [0.15, 0.2) is 5.17 Å². The molecule has 168 valence electrons. The maximum absolute atomic E-state index is 12.9. The topological polar surface area (TPSA) is 50.7 Å². The van der Waals surface area contributed by atoms with Crippen LogP contribution in [-0.2, 0) is 17.6 Å². The van der Waals surface area contributed by atoms with Crippen LogP contribution < -0.4 is 10.1 Å². The SMILES string of the molecule is Cc1ccc(COc2ccc(/C=C3\SC(=Nc4cccc(C(F)(F)F)c4)NC3=O)cc2)cc1. The van der Waals surface area contributed by atoms with Crippen molar-refractivity contribution in [2.24, 2.45) is 4.99 Å². The number of carbonyl (C=O) groups is 1. The maximum atomic E-state index is 12.9. The monoisotopic (exact) mass is 468 g/mol. The van der Waals surface area contributed by atoms with Crippen molar-refractivity contribution in [2.45, 2.75) is 19.7 Å². The molecule has 8 heteroatoms. The van der Waals surface area contributed by atoms with Crippen LogP contribution in [0.2, 0.25) is 0 Å². The molecule has 1 saturated heterocycles. The highest BCUT2D eigenvalue weighted by Crippen LogP contribution is 2.33. The van der Waals surface area contributed by atoms with Gasteiger partial charge in [-0.2, -0.15) is 13.2 Å². The molecule has 3 aromatic rings. The van der Waals surface area contributed by atoms with Gasteiger partial charge in [0.1, 0.15) is 12.4 Å². The first kappa shape index (κ1) is 22.7. The third-order valence-electron chi connectivity index (χ3n) is 4.76. The summed E-state index contributed by atoms with van der Waals surface area (Å²) in [4.78, 5) is 16.8. The van der Waals surface area contributed by atoms with Crippen LogP contribution in [0.4, 0.5) is 18.9 Å². The molecule has 0 atom stereocenters. The average Bonchev–Trinajstić information content (AvgIpc) is 3.12. The molecule has 0 saturated carbocycles. The zero-order valence-corrected chi connectivity index (χ0v) is 18.3. The maximum Gasteiger partial charge on any atom is 0.416 e. The van der Waals surface area contributed by atoms with Crippen molar-refractivity contribution in [3.63, 3.8) is 0 Å². The van der Waals surface area contributed by atoms with Gasteiger partial charge in [0.05, 0.1) is 16.2 Å². The van der Waals surface area contributed by atoms with Crippen LogP contribution in [0.25, 0.3) is 6.08 Å². The van der Waals surface area contributed by atoms with Gasteiger partial charge in [0.25, 0.3) is 5.91 Å². The predicted molar refractivity (Wildman–Crippen MR) is 124 cm³/mol. The molecule has 0 aliphatic carbocycles. The van der Waals surface area contributed by atoms with Crippen molar-refractivity contribution in [3.05, 3.63) is 100.0 Å². The van der Waals surface area contributed by atoms with Gasteiger partial charge in [-0.1, -0.05) is 48.0 Å². The molecule has 33 heavy (non-hydrogen) atoms. The van der Waals surface area contributed by atoms with Gasteiger partial charge in [-0.25, -0.2) is 4.99 Å². The number of nitrogens with zero attached hydrogens (tertiary/aromatic N) is 1. The van der Waals surface area contributed by atoms with E-state index in [4.69, 9.17) is 4.74 Å². The van der Waals surface area contributed by atoms with Crippen LogP contribution >= 0.6 is 11.8 Å². The van der Waals surface area contributed by atoms with Gasteiger partial charge in [0, 0.05) is 0 Å². The van der Waals surface area contributed by atoms with Crippen LogP contribution in [0.1, 0.15) is 22.3 Å². The van der Waals surface area contributed by atoms with Crippen molar-refractivity contribution >= 4 is 34.6 Å². The molecule has 0 bridgehead atoms. The highest BCUT2D eigenvalue weighted by molar-refractivity contribution is 8.18. The van der Waals surface area contributed by atoms with E-state index in [0.29, 0.717) is 17.3 Å². The fraction of sp³-hybridized carbons (Fsp3) is 0.120. The smallest absolute Gasteiger partial charge is 0.416 e. The molecular formula is C25H19F3N2O2S. The standard InChI is InChI=1S/C25H19F3N2O2S/c1-16-5-7-18(8-6-16)15-32-21-11-9-17(10-12-21)13-22-23(31)30-24(33-22)29-20-4-2-3-19(14-20)25(26,27)28/h2-14H,15H2,1H3,(H,29,30,31)/b22-13-. The second kappa shape index (κ2) is 9.54. The number of ether oxygens (including phenoxy) is 1. The summed E-state index contributed by atoms with van der Waals surface area (Å²) in [7, 11) is 0. The van der Waals surface area contributed by atoms with Crippen molar-refractivity contribution in [1.29, 1.82) is 0 Å². The van der Waals surface area contributed by atoms with Crippen molar-refractivity contribution in [3.8, 4) is 5.75 Å². The van der Waals surface area contributed by atoms with E-state index < -0.39 is 11.7 Å². The first-order chi connectivity index (χ1) is 15.8. The number of aliphatic imine (C=N–C) groups is 1. The Balaban J connectivity index is 1.41. The number of nitrogens with one attached hydrogen (secondary N) is 1. The molecule has 1 heterocycles. The normalized spacial score (nSPS) is 16.3. The molecule has 0 unspecified atom stereocenters. The molecule has 1 aliphatic heterocycles. The number of benzene rings is 3. The molecule has 4 rings (SSSR count). The Hall–Kier alpha value is -3.52. The van der Waals surface area contributed by atoms with Gasteiger partial charge in [-0.05, 0) is 66.2 Å². The van der Waals surface area contributed by atoms with Crippen molar-refractivity contribution in [2.75, 3.05) is 0 Å². The molecule has 4 nitrogen and oxygen atoms in total. The molecule has 0 aromatic heterocycles. The summed E-state index contributed by atoms with van der Waals surface area (Å²) in [5, 5.41) is 2.81. The first-order valence-corrected chi connectivity index (χ1v) is 10.8. The number of aryl methyl sites for hydroxylation is 1. The van der Waals surface area contributed by atoms with Crippen LogP contribution in [0.3, 0.4) is 0 Å². The Morgan fingerprint density at radius 3 is 2.45 bits per heavy atom. The number of alkyl halides is 3. The summed E-state index contributed by atoms with van der Waals surface area (Å²) in [5.41, 5.74) is 2.37. The quantitative estimate of drug-likeness (QED) is 0.436. The second-order valence-electron chi connectivity index (χ2n) is 7.37. The van der Waals surface area contributed by atoms with E-state index in [2.05, 4.69) is 10.3 Å². The number of amidine groups is 1. The molecule has 1 fully saturated rings. The Morgan fingerprint density at radius 2 is 1.76 bits per heavy atom. The molecule has 1 amide bonds. The van der Waals surface area contributed by atoms with Gasteiger partial charge in [-0.3, -0.25) is 4.79 Å². The number of thioether (sulfide) groups is 1. The molecule has 0 radical (unpaired) electrons. The van der Waals surface area contributed by atoms with E-state index in [-0.39, 0.29) is 16.8 Å². The summed E-state index contributed by atoms with van der Waals surface area (Å²) in [6, 6.07) is 20.0. The van der Waals surface area contributed by atoms with Gasteiger partial charge >= 0.3 is 6.18 Å². The Bertz CT molecular complexity index is 1220. The summed E-state index contributed by atoms with van der Waals surface area (Å²) in [6.07, 6.45) is -2.76. The third-order valence-corrected chi connectivity index (χ3v) is 5.67. The minimum Gasteiger partial charge on any atom is -0.489 e. The minimum absolute atomic E-state index is 0.115. The van der Waals surface area contributed by atoms with Crippen LogP contribution in [-0.4, -0.2) is 11.1 Å². The molecule has 0 spiro atoms. The van der Waals surface area contributed by atoms with Gasteiger partial charge in [0.2, 0.25) is 0 Å². The number of carbonyl (C=O) groups excluding carboxylic acids is 1. The minimum atomic E-state index is -4.46. The largest absolute Gasteiger partial charge is 0.489 e. The van der Waals surface area contributed by atoms with Crippen LogP contribution in [0, 0.1) is 6.92 Å². The highest BCUT2D eigenvalue weighted by Gasteiger charge is 2.30. The number of hydrogen-bond acceptors (Lipinski definition) is 4. The van der Waals surface area contributed by atoms with E-state index in [1.807, 2.05) is 55.5 Å². The van der Waals surface area contributed by atoms with Gasteiger partial charge in [-0.15, -0.1) is 0 Å². The number of amides is 1. The average molecular weight is 469 g/mol. The number of hydrogen-bond donors (Lipinski definition) is 1. The van der Waals surface area contributed by atoms with E-state index in [9.17, 15) is 18.0 Å². The predicted octanol–water partition coefficient (Wildman–Crippen LogP) is 6.48. The van der Waals surface area contributed by atoms with Crippen molar-refractivity contribution in [1.82, 2.24) is 5.32 Å². The Labute approximate surface area is 193 Å². The molecule has 1 aliphatic rings. The first-order valence-electron chi connectivity index (χ1n) is 10.0. The second-order valence-corrected chi connectivity index (χ2v) is 8.40. The number of rotatable bonds is 5. The molecular weight excluding hydrogens is 449 g/mol. The lowest BCUT2D eigenvalue weighted by Gasteiger charge is -2.07. The zero-order valence-electron chi connectivity index (χ0n) is 17.5. The van der Waals surface area contributed by atoms with E-state index in [0.717, 1.165) is 35.0 Å². The summed E-state index contributed by atoms with van der Waals surface area (Å²) in [5.74, 6) is 0.346. The fourth-order valence-corrected chi connectivity index (χ4v) is 3.85. The summed E-state index contributed by atoms with van der Waals surface area (Å²) < 4.78 is 44.4. The Kier molecular flexibility index (Phi) is 6.55. The summed E-state index contributed by atoms with van der Waals surface area (Å²) in [6.45, 7) is 2.48. The third kappa shape index (κ3) is 6.04. The van der Waals surface area contributed by atoms with Crippen molar-refractivity contribution < 1.29 is 22.7 Å². The van der Waals surface area contributed by atoms with Crippen LogP contribution in [0.5, 0.6) is 5.75 Å². The number of halogens is 3. The summed E-state index contributed by atoms with van der Waals surface area (Å²) >= 11 is 1.07. The van der Waals surface area contributed by atoms with E-state index in [1.54, 1.807) is 6.08 Å². The zero-order chi connectivity index (χ0) is 23.4. The van der Waals surface area contributed by atoms with Gasteiger partial charge < -0.3 is 10.1 Å². The highest BCUT2D eigenvalue weighted by atomic mass is 32.2. The van der Waals surface area contributed by atoms with Crippen LogP contribution in [0.15, 0.2) is 82.7 Å². The van der Waals surface area contributed by atoms with E-state index >= 15 is 0 Å². The van der Waals surface area contributed by atoms with E-state index in [1.165, 1.54) is 17.7 Å². The fourth-order valence-electron chi connectivity index (χ4n) is 3.01.